The quantitative estimate of drug-likeness (QED) is 0.251. The van der Waals surface area contributed by atoms with Gasteiger partial charge in [0.2, 0.25) is 5.76 Å². The van der Waals surface area contributed by atoms with Crippen LogP contribution in [0, 0.1) is 0 Å². The van der Waals surface area contributed by atoms with Crippen LogP contribution in [0.2, 0.25) is 0 Å². The predicted octanol–water partition coefficient (Wildman–Crippen LogP) is -17.4. The van der Waals surface area contributed by atoms with Crippen molar-refractivity contribution in [3.05, 3.63) is 11.5 Å². The molecular weight excluding hydrogens is 396 g/mol. The molecule has 0 unspecified atom stereocenters. The van der Waals surface area contributed by atoms with Crippen molar-refractivity contribution in [2.24, 2.45) is 0 Å². The summed E-state index contributed by atoms with van der Waals surface area (Å²) in [5.41, 5.74) is 0. The topological polar surface area (TPSA) is 320 Å². The Morgan fingerprint density at radius 2 is 1.50 bits per heavy atom. The van der Waals surface area contributed by atoms with Crippen molar-refractivity contribution in [3.8, 4) is 0 Å². The molecule has 24 heavy (non-hydrogen) atoms. The first-order valence-electron chi connectivity index (χ1n) is 3.89. The molecule has 1 rings (SSSR count). The number of aliphatic hydroxyl groups is 2. The van der Waals surface area contributed by atoms with Crippen molar-refractivity contribution in [2.75, 3.05) is 6.61 Å². The van der Waals surface area contributed by atoms with Crippen LogP contribution in [0.15, 0.2) is 11.5 Å². The van der Waals surface area contributed by atoms with E-state index in [-0.39, 0.29) is 116 Å². The SMILES string of the molecule is O.O.O.O.O.O=C1O[C@H]([C@@H](O)CO)C([O-])=C1OP(=O)([O-])[O-].[Na+].[Na+].[Na+]. The molecule has 0 bridgehead atoms. The summed E-state index contributed by atoms with van der Waals surface area (Å²) in [5, 5.41) is 28.7. The third kappa shape index (κ3) is 14.8. The van der Waals surface area contributed by atoms with Gasteiger partial charge in [-0.25, -0.2) is 4.79 Å². The smallest absolute Gasteiger partial charge is 0.870 e. The Bertz CT molecular complexity index is 385. The number of hydrogen-bond donors (Lipinski definition) is 2. The standard InChI is InChI=1S/C6H9O9P.3Na.5H2O/c7-1-2(8)4-3(9)5(6(10)14-4)15-16(11,12)13;;;;;;;;/h2,4,7-9H,1H2,(H2,11,12,13);;;;5*1H2/q;3*+1;;;;;/p-3/t2-,4+;;;;;;;;/m0......../s1. The van der Waals surface area contributed by atoms with Crippen LogP contribution in [0.1, 0.15) is 0 Å². The van der Waals surface area contributed by atoms with Gasteiger partial charge in [0, 0.05) is 0 Å². The average Bonchev–Trinajstić information content (AvgIpc) is 2.42. The van der Waals surface area contributed by atoms with Gasteiger partial charge in [0.05, 0.1) is 6.61 Å². The van der Waals surface area contributed by atoms with Crippen molar-refractivity contribution in [2.45, 2.75) is 12.2 Å². The molecule has 0 fully saturated rings. The average molecular weight is 412 g/mol. The normalized spacial score (nSPS) is 15.5. The van der Waals surface area contributed by atoms with Gasteiger partial charge in [-0.15, -0.1) is 0 Å². The minimum absolute atomic E-state index is 0. The van der Waals surface area contributed by atoms with Crippen molar-refractivity contribution in [1.82, 2.24) is 0 Å². The number of phosphoric ester groups is 1. The Hall–Kier alpha value is 1.68. The molecule has 0 saturated carbocycles. The summed E-state index contributed by atoms with van der Waals surface area (Å²) in [5.74, 6) is -4.10. The Labute approximate surface area is 201 Å². The zero-order chi connectivity index (χ0) is 12.5. The first kappa shape index (κ1) is 50.0. The number of aliphatic hydroxyl groups excluding tert-OH is 2. The van der Waals surface area contributed by atoms with E-state index in [9.17, 15) is 24.3 Å². The second kappa shape index (κ2) is 21.0. The molecule has 0 radical (unpaired) electrons. The summed E-state index contributed by atoms with van der Waals surface area (Å²) in [6, 6.07) is 0. The number of ether oxygens (including phenoxy) is 1. The van der Waals surface area contributed by atoms with Crippen molar-refractivity contribution in [3.63, 3.8) is 0 Å². The van der Waals surface area contributed by atoms with Crippen LogP contribution in [0.25, 0.3) is 0 Å². The summed E-state index contributed by atoms with van der Waals surface area (Å²) in [7, 11) is -5.56. The van der Waals surface area contributed by atoms with Crippen LogP contribution >= 0.6 is 7.82 Å². The van der Waals surface area contributed by atoms with E-state index in [1.165, 1.54) is 0 Å². The van der Waals surface area contributed by atoms with Crippen LogP contribution in [-0.2, 0) is 18.6 Å². The van der Waals surface area contributed by atoms with Crippen LogP contribution < -0.4 is 104 Å². The van der Waals surface area contributed by atoms with Gasteiger partial charge < -0.3 is 66.3 Å². The fraction of sp³-hybridized carbons (Fsp3) is 0.500. The van der Waals surface area contributed by atoms with Crippen LogP contribution in [0.3, 0.4) is 0 Å². The van der Waals surface area contributed by atoms with Gasteiger partial charge >= 0.3 is 94.6 Å². The largest absolute Gasteiger partial charge is 1.00 e. The number of phosphoric acid groups is 1. The molecule has 0 saturated heterocycles. The number of carbonyl (C=O) groups is 1. The first-order valence-corrected chi connectivity index (χ1v) is 5.35. The maximum Gasteiger partial charge on any atom is 1.00 e. The monoisotopic (exact) mass is 412 g/mol. The molecule has 2 atom stereocenters. The summed E-state index contributed by atoms with van der Waals surface area (Å²) >= 11 is 0. The van der Waals surface area contributed by atoms with E-state index >= 15 is 0 Å². The second-order valence-corrected chi connectivity index (χ2v) is 3.88. The molecule has 1 heterocycles. The van der Waals surface area contributed by atoms with E-state index < -0.39 is 44.1 Å². The molecule has 0 aromatic carbocycles. The maximum atomic E-state index is 11.2. The fourth-order valence-corrected chi connectivity index (χ4v) is 1.38. The minimum Gasteiger partial charge on any atom is -0.870 e. The molecule has 12 N–H and O–H groups in total. The van der Waals surface area contributed by atoms with Gasteiger partial charge in [0.1, 0.15) is 20.0 Å². The van der Waals surface area contributed by atoms with E-state index in [4.69, 9.17) is 10.2 Å². The van der Waals surface area contributed by atoms with Gasteiger partial charge in [-0.1, -0.05) is 0 Å². The molecular formula is C6H16Na3O14P. The van der Waals surface area contributed by atoms with Gasteiger partial charge in [0.15, 0.2) is 0 Å². The molecule has 0 aliphatic carbocycles. The van der Waals surface area contributed by atoms with E-state index in [1.807, 2.05) is 0 Å². The zero-order valence-corrected chi connectivity index (χ0v) is 20.0. The number of cyclic esters (lactones) is 1. The third-order valence-corrected chi connectivity index (χ3v) is 2.05. The molecule has 1 aliphatic rings. The fourth-order valence-electron chi connectivity index (χ4n) is 0.995. The summed E-state index contributed by atoms with van der Waals surface area (Å²) in [4.78, 5) is 31.3. The number of rotatable bonds is 4. The predicted molar refractivity (Wildman–Crippen MR) is 56.8 cm³/mol. The number of carbonyl (C=O) groups excluding carboxylic acids is 1. The molecule has 0 aromatic heterocycles. The molecule has 0 spiro atoms. The van der Waals surface area contributed by atoms with Gasteiger partial charge in [-0.3, -0.25) is 0 Å². The summed E-state index contributed by atoms with van der Waals surface area (Å²) in [6.45, 7) is -0.886. The molecule has 14 nitrogen and oxygen atoms in total. The van der Waals surface area contributed by atoms with Crippen molar-refractivity contribution in [1.29, 1.82) is 0 Å². The van der Waals surface area contributed by atoms with Crippen LogP contribution in [0.4, 0.5) is 0 Å². The molecule has 132 valence electrons. The summed E-state index contributed by atoms with van der Waals surface area (Å²) < 4.78 is 18.0. The number of hydrogen-bond acceptors (Lipinski definition) is 9. The van der Waals surface area contributed by atoms with Gasteiger partial charge in [-0.05, 0) is 5.76 Å². The third-order valence-electron chi connectivity index (χ3n) is 1.64. The minimum atomic E-state index is -5.56. The van der Waals surface area contributed by atoms with Crippen LogP contribution in [-0.4, -0.2) is 62.4 Å². The zero-order valence-electron chi connectivity index (χ0n) is 13.1. The number of esters is 1. The van der Waals surface area contributed by atoms with Crippen molar-refractivity contribution >= 4 is 13.8 Å². The Kier molecular flexibility index (Phi) is 43.8. The molecule has 1 aliphatic heterocycles. The van der Waals surface area contributed by atoms with E-state index in [2.05, 4.69) is 9.26 Å². The second-order valence-electron chi connectivity index (χ2n) is 2.81. The molecule has 18 heteroatoms. The maximum absolute atomic E-state index is 11.2. The van der Waals surface area contributed by atoms with E-state index in [1.54, 1.807) is 0 Å². The van der Waals surface area contributed by atoms with Gasteiger partial charge in [-0.2, -0.15) is 0 Å². The Balaban J connectivity index is -0.0000000533. The van der Waals surface area contributed by atoms with Crippen LogP contribution in [0.5, 0.6) is 0 Å². The van der Waals surface area contributed by atoms with Crippen molar-refractivity contribution < 1.29 is 160 Å². The Morgan fingerprint density at radius 3 is 1.79 bits per heavy atom. The van der Waals surface area contributed by atoms with Gasteiger partial charge in [0.25, 0.3) is 0 Å². The molecule has 0 aromatic rings. The summed E-state index contributed by atoms with van der Waals surface area (Å²) in [6.07, 6.45) is -3.48. The van der Waals surface area contributed by atoms with E-state index in [0.29, 0.717) is 0 Å². The Morgan fingerprint density at radius 1 is 1.12 bits per heavy atom. The first-order chi connectivity index (χ1) is 7.26. The molecule has 0 amide bonds. The van der Waals surface area contributed by atoms with E-state index in [0.717, 1.165) is 0 Å².